The fraction of sp³-hybridized carbons (Fsp3) is 0.0556. The predicted molar refractivity (Wildman–Crippen MR) is 97.4 cm³/mol. The van der Waals surface area contributed by atoms with Crippen LogP contribution in [-0.2, 0) is 0 Å². The molecule has 0 saturated heterocycles. The molecule has 2 aromatic carbocycles. The van der Waals surface area contributed by atoms with Crippen LogP contribution < -0.4 is 21.9 Å². The third kappa shape index (κ3) is 3.48. The zero-order valence-corrected chi connectivity index (χ0v) is 13.8. The maximum Gasteiger partial charge on any atom is 0.363 e. The number of aryl methyl sites for hydroxylation is 1. The number of carbonyl (C=O) groups is 1. The van der Waals surface area contributed by atoms with Gasteiger partial charge < -0.3 is 15.8 Å². The van der Waals surface area contributed by atoms with Crippen molar-refractivity contribution in [3.8, 4) is 0 Å². The van der Waals surface area contributed by atoms with Crippen LogP contribution in [0.15, 0.2) is 64.2 Å². The van der Waals surface area contributed by atoms with E-state index in [1.807, 2.05) is 6.92 Å². The van der Waals surface area contributed by atoms with Gasteiger partial charge in [-0.3, -0.25) is 14.6 Å². The van der Waals surface area contributed by atoms with Crippen molar-refractivity contribution in [3.63, 3.8) is 0 Å². The first-order valence-electron chi connectivity index (χ1n) is 7.74. The van der Waals surface area contributed by atoms with Crippen molar-refractivity contribution in [2.45, 2.75) is 6.92 Å². The lowest BCUT2D eigenvalue weighted by molar-refractivity contribution is 0.101. The quantitative estimate of drug-likeness (QED) is 0.537. The van der Waals surface area contributed by atoms with Crippen molar-refractivity contribution in [2.24, 2.45) is 0 Å². The maximum absolute atomic E-state index is 12.6. The van der Waals surface area contributed by atoms with Crippen molar-refractivity contribution in [1.29, 1.82) is 0 Å². The highest BCUT2D eigenvalue weighted by atomic mass is 16.5. The molecule has 3 rings (SSSR count). The summed E-state index contributed by atoms with van der Waals surface area (Å²) in [5.41, 5.74) is -0.561. The van der Waals surface area contributed by atoms with Gasteiger partial charge in [0, 0.05) is 11.4 Å². The number of anilines is 3. The molecule has 0 unspecified atom stereocenters. The molecule has 132 valence electrons. The van der Waals surface area contributed by atoms with E-state index < -0.39 is 22.7 Å². The highest BCUT2D eigenvalue weighted by Crippen LogP contribution is 2.17. The standard InChI is InChI=1S/C18H16N4O4/c1-11-7-9-13(10-8-11)20-16(23)14-15(19-12-5-3-2-4-6-12)21-18(25)22(26)17(14)24/h2-10,19,26H,1H3,(H,20,23)(H,21,25). The molecule has 1 heterocycles. The third-order valence-corrected chi connectivity index (χ3v) is 3.66. The second-order valence-corrected chi connectivity index (χ2v) is 5.61. The minimum absolute atomic E-state index is 0.110. The van der Waals surface area contributed by atoms with Crippen molar-refractivity contribution in [1.82, 2.24) is 9.71 Å². The molecule has 1 amide bonds. The summed E-state index contributed by atoms with van der Waals surface area (Å²) in [7, 11) is 0. The van der Waals surface area contributed by atoms with E-state index >= 15 is 0 Å². The Labute approximate surface area is 147 Å². The lowest BCUT2D eigenvalue weighted by Crippen LogP contribution is -2.39. The first-order chi connectivity index (χ1) is 12.5. The van der Waals surface area contributed by atoms with E-state index in [1.54, 1.807) is 54.6 Å². The highest BCUT2D eigenvalue weighted by molar-refractivity contribution is 6.07. The Balaban J connectivity index is 2.02. The molecule has 4 N–H and O–H groups in total. The Morgan fingerprint density at radius 1 is 1.00 bits per heavy atom. The Kier molecular flexibility index (Phi) is 4.57. The van der Waals surface area contributed by atoms with E-state index in [0.717, 1.165) is 5.56 Å². The summed E-state index contributed by atoms with van der Waals surface area (Å²) >= 11 is 0. The number of hydrogen-bond donors (Lipinski definition) is 4. The molecule has 3 aromatic rings. The van der Waals surface area contributed by atoms with Crippen molar-refractivity contribution >= 4 is 23.1 Å². The van der Waals surface area contributed by atoms with E-state index in [9.17, 15) is 19.6 Å². The summed E-state index contributed by atoms with van der Waals surface area (Å²) in [5, 5.41) is 15.0. The van der Waals surface area contributed by atoms with Gasteiger partial charge in [0.15, 0.2) is 0 Å². The Hall–Kier alpha value is -3.81. The van der Waals surface area contributed by atoms with Crippen molar-refractivity contribution < 1.29 is 10.0 Å². The molecule has 0 fully saturated rings. The van der Waals surface area contributed by atoms with Crippen LogP contribution in [-0.4, -0.2) is 20.8 Å². The van der Waals surface area contributed by atoms with Crippen LogP contribution in [0.3, 0.4) is 0 Å². The fourth-order valence-electron chi connectivity index (χ4n) is 2.33. The number of benzene rings is 2. The number of carbonyl (C=O) groups excluding carboxylic acids is 1. The van der Waals surface area contributed by atoms with Gasteiger partial charge in [-0.1, -0.05) is 40.6 Å². The summed E-state index contributed by atoms with van der Waals surface area (Å²) in [6.45, 7) is 1.90. The second-order valence-electron chi connectivity index (χ2n) is 5.61. The van der Waals surface area contributed by atoms with E-state index in [0.29, 0.717) is 11.4 Å². The summed E-state index contributed by atoms with van der Waals surface area (Å²) in [5.74, 6) is -0.877. The summed E-state index contributed by atoms with van der Waals surface area (Å²) in [4.78, 5) is 38.9. The van der Waals surface area contributed by atoms with Gasteiger partial charge in [-0.05, 0) is 31.2 Å². The molecule has 0 spiro atoms. The first kappa shape index (κ1) is 17.0. The number of nitrogens with one attached hydrogen (secondary N) is 3. The molecule has 8 nitrogen and oxygen atoms in total. The van der Waals surface area contributed by atoms with Crippen LogP contribution in [0, 0.1) is 6.92 Å². The zero-order chi connectivity index (χ0) is 18.7. The first-order valence-corrected chi connectivity index (χ1v) is 7.74. The van der Waals surface area contributed by atoms with Gasteiger partial charge in [-0.2, -0.15) is 0 Å². The number of nitrogens with zero attached hydrogens (tertiary/aromatic N) is 1. The van der Waals surface area contributed by atoms with Gasteiger partial charge >= 0.3 is 11.2 Å². The minimum Gasteiger partial charge on any atom is -0.421 e. The van der Waals surface area contributed by atoms with Gasteiger partial charge in [0.05, 0.1) is 0 Å². The number of aromatic nitrogens is 2. The van der Waals surface area contributed by atoms with Crippen LogP contribution in [0.25, 0.3) is 0 Å². The number of H-pyrrole nitrogens is 1. The smallest absolute Gasteiger partial charge is 0.363 e. The van der Waals surface area contributed by atoms with E-state index in [4.69, 9.17) is 0 Å². The van der Waals surface area contributed by atoms with E-state index in [-0.39, 0.29) is 10.5 Å². The van der Waals surface area contributed by atoms with Gasteiger partial charge in [0.1, 0.15) is 11.4 Å². The Morgan fingerprint density at radius 3 is 2.31 bits per heavy atom. The van der Waals surface area contributed by atoms with Crippen LogP contribution in [0.2, 0.25) is 0 Å². The zero-order valence-electron chi connectivity index (χ0n) is 13.8. The number of rotatable bonds is 4. The molecule has 8 heteroatoms. The molecule has 0 atom stereocenters. The maximum atomic E-state index is 12.6. The normalized spacial score (nSPS) is 10.3. The number of hydrogen-bond acceptors (Lipinski definition) is 5. The molecular weight excluding hydrogens is 336 g/mol. The topological polar surface area (TPSA) is 116 Å². The average Bonchev–Trinajstić information content (AvgIpc) is 2.62. The van der Waals surface area contributed by atoms with Crippen LogP contribution in [0.1, 0.15) is 15.9 Å². The van der Waals surface area contributed by atoms with Gasteiger partial charge in [-0.15, -0.1) is 0 Å². The minimum atomic E-state index is -1.13. The Bertz CT molecular complexity index is 1050. The monoisotopic (exact) mass is 352 g/mol. The van der Waals surface area contributed by atoms with Gasteiger partial charge in [0.2, 0.25) is 0 Å². The third-order valence-electron chi connectivity index (χ3n) is 3.66. The number of aromatic amines is 1. The van der Waals surface area contributed by atoms with Crippen LogP contribution in [0.4, 0.5) is 17.2 Å². The van der Waals surface area contributed by atoms with E-state index in [1.165, 1.54) is 0 Å². The SMILES string of the molecule is Cc1ccc(NC(=O)c2c(Nc3ccccc3)[nH]c(=O)n(O)c2=O)cc1. The molecule has 0 radical (unpaired) electrons. The highest BCUT2D eigenvalue weighted by Gasteiger charge is 2.21. The number of amides is 1. The van der Waals surface area contributed by atoms with Crippen LogP contribution in [0.5, 0.6) is 0 Å². The summed E-state index contributed by atoms with van der Waals surface area (Å²) in [6.07, 6.45) is 0. The second kappa shape index (κ2) is 6.98. The molecule has 0 aliphatic heterocycles. The molecule has 0 aliphatic rings. The number of para-hydroxylation sites is 1. The lowest BCUT2D eigenvalue weighted by Gasteiger charge is -2.12. The van der Waals surface area contributed by atoms with Crippen molar-refractivity contribution in [2.75, 3.05) is 10.6 Å². The Morgan fingerprint density at radius 2 is 1.65 bits per heavy atom. The summed E-state index contributed by atoms with van der Waals surface area (Å²) < 4.78 is -0.139. The summed E-state index contributed by atoms with van der Waals surface area (Å²) in [6, 6.07) is 15.7. The molecule has 26 heavy (non-hydrogen) atoms. The predicted octanol–water partition coefficient (Wildman–Crippen LogP) is 2.08. The van der Waals surface area contributed by atoms with Gasteiger partial charge in [0.25, 0.3) is 5.91 Å². The molecule has 0 aliphatic carbocycles. The molecular formula is C18H16N4O4. The largest absolute Gasteiger partial charge is 0.421 e. The molecule has 0 saturated carbocycles. The van der Waals surface area contributed by atoms with Crippen molar-refractivity contribution in [3.05, 3.63) is 86.6 Å². The van der Waals surface area contributed by atoms with Crippen LogP contribution >= 0.6 is 0 Å². The van der Waals surface area contributed by atoms with Gasteiger partial charge in [-0.25, -0.2) is 4.79 Å². The fourth-order valence-corrected chi connectivity index (χ4v) is 2.33. The average molecular weight is 352 g/mol. The van der Waals surface area contributed by atoms with E-state index in [2.05, 4.69) is 15.6 Å². The molecule has 1 aromatic heterocycles. The molecule has 0 bridgehead atoms. The lowest BCUT2D eigenvalue weighted by atomic mass is 10.2.